The zero-order chi connectivity index (χ0) is 72.0. The second-order valence-corrected chi connectivity index (χ2v) is 28.1. The number of rotatable bonds is 29. The fourth-order valence-electron chi connectivity index (χ4n) is 12.9. The standard InChI is InChI=1S/C64H86Cl2N14O10S2/c1-43-39-79(23-17-69-43)59-35-55-45(37-67)31-47(65)33-57(55)61(59)89-51-5-9-53(10-6-51)91(83,84)75-49-13-21-77(41-49)25-29-87-27-19-73-63(81)71-15-3-4-16-72-64(82)74-20-28-88-30-26-78-22-14-50(42-78)76-92(85,86)54-11-7-52(8-12-54)90-62-58-34-48(66)32-46(38-68)56(58)36-60(62)80-24-18-70-44(2)40-80/h5-12,31-34,43-44,49-50,59-62,69-70,75-76H,3-4,13-30,35-36,39-42H2,1-2H3,(H2,71,73,81)(H2,72,74,82)/t43-,44-,49+,50+,59+,60+,61+,62+/m1/s1/i3D2,4D2,15D2,16D2. The van der Waals surface area contributed by atoms with E-state index in [4.69, 9.17) is 53.1 Å². The Morgan fingerprint density at radius 2 is 1.01 bits per heavy atom. The van der Waals surface area contributed by atoms with Gasteiger partial charge in [0, 0.05) is 137 Å². The third-order valence-corrected chi connectivity index (χ3v) is 20.8. The smallest absolute Gasteiger partial charge is 0.314 e. The maximum Gasteiger partial charge on any atom is 0.314 e. The Bertz CT molecular complexity index is 3640. The Labute approximate surface area is 562 Å². The summed E-state index contributed by atoms with van der Waals surface area (Å²) in [5.74, 6) is 0.929. The molecule has 4 heterocycles. The number of nitrogens with one attached hydrogen (secondary N) is 8. The van der Waals surface area contributed by atoms with Crippen molar-refractivity contribution in [1.29, 1.82) is 10.5 Å². The van der Waals surface area contributed by atoms with Crippen molar-refractivity contribution < 1.29 is 56.3 Å². The number of benzene rings is 4. The van der Waals surface area contributed by atoms with Gasteiger partial charge in [-0.05, 0) is 160 Å². The molecule has 498 valence electrons. The van der Waals surface area contributed by atoms with Crippen LogP contribution in [0.5, 0.6) is 11.5 Å². The number of fused-ring (bicyclic) bond motifs is 2. The average molecular weight is 1350 g/mol. The van der Waals surface area contributed by atoms with Gasteiger partial charge in [-0.1, -0.05) is 23.2 Å². The summed E-state index contributed by atoms with van der Waals surface area (Å²) in [6, 6.07) is 21.1. The quantitative estimate of drug-likeness (QED) is 0.0353. The molecule has 0 aromatic heterocycles. The number of likely N-dealkylation sites (tertiary alicyclic amines) is 2. The molecule has 8 atom stereocenters. The lowest BCUT2D eigenvalue weighted by molar-refractivity contribution is 0.0594. The Morgan fingerprint density at radius 3 is 1.40 bits per heavy atom. The van der Waals surface area contributed by atoms with Crippen LogP contribution in [0, 0.1) is 22.7 Å². The van der Waals surface area contributed by atoms with E-state index in [9.17, 15) is 36.9 Å². The molecule has 92 heavy (non-hydrogen) atoms. The molecule has 10 rings (SSSR count). The maximum absolute atomic E-state index is 13.6. The SMILES string of the molecule is [2H]C([2H])(NC(=O)NCCOCCN1CC[C@H](NS(=O)(=O)c2ccc(O[C@H]3c4cc(Cl)cc(C#N)c4C[C@@H]3N3CCN[C@H](C)C3)cc2)C1)C([2H])([2H])C([2H])([2H])C([2H])([2H])NC(=O)NCCOCCN1CC[C@H](NS(=O)(=O)c2ccc(O[C@H]3c4cc(Cl)cc(C#N)c4C[C@@H]3N3CCN[C@H](C)C3)cc2)C1. The highest BCUT2D eigenvalue weighted by Gasteiger charge is 2.43. The number of hydrogen-bond acceptors (Lipinski definition) is 18. The lowest BCUT2D eigenvalue weighted by atomic mass is 10.0. The lowest BCUT2D eigenvalue weighted by Gasteiger charge is -2.38. The highest BCUT2D eigenvalue weighted by Crippen LogP contribution is 2.43. The number of hydrogen-bond donors (Lipinski definition) is 8. The van der Waals surface area contributed by atoms with E-state index < -0.39 is 82.1 Å². The molecule has 0 unspecified atom stereocenters. The first-order chi connectivity index (χ1) is 47.4. The van der Waals surface area contributed by atoms with Crippen molar-refractivity contribution in [3.63, 3.8) is 0 Å². The summed E-state index contributed by atoms with van der Waals surface area (Å²) in [6.07, 6.45) is -6.19. The molecule has 4 saturated heterocycles. The van der Waals surface area contributed by atoms with Gasteiger partial charge in [-0.3, -0.25) is 19.6 Å². The summed E-state index contributed by atoms with van der Waals surface area (Å²) < 4.78 is 151. The first-order valence-electron chi connectivity index (χ1n) is 35.1. The van der Waals surface area contributed by atoms with Crippen LogP contribution in [-0.4, -0.2) is 216 Å². The summed E-state index contributed by atoms with van der Waals surface area (Å²) >= 11 is 12.9. The van der Waals surface area contributed by atoms with Crippen LogP contribution in [-0.2, 0) is 42.4 Å². The molecular formula is C64H86Cl2N14O10S2. The monoisotopic (exact) mass is 1350 g/mol. The van der Waals surface area contributed by atoms with Crippen LogP contribution >= 0.6 is 23.2 Å². The molecule has 0 spiro atoms. The fraction of sp³-hybridized carbons (Fsp3) is 0.562. The highest BCUT2D eigenvalue weighted by molar-refractivity contribution is 7.89. The van der Waals surface area contributed by atoms with Gasteiger partial charge in [0.1, 0.15) is 23.7 Å². The number of sulfonamides is 2. The molecule has 4 aliphatic heterocycles. The van der Waals surface area contributed by atoms with Crippen molar-refractivity contribution >= 4 is 55.3 Å². The molecule has 24 nitrogen and oxygen atoms in total. The molecule has 0 saturated carbocycles. The van der Waals surface area contributed by atoms with Crippen LogP contribution in [0.25, 0.3) is 0 Å². The minimum Gasteiger partial charge on any atom is -0.484 e. The molecule has 8 N–H and O–H groups in total. The van der Waals surface area contributed by atoms with E-state index in [1.54, 1.807) is 47.0 Å². The van der Waals surface area contributed by atoms with E-state index in [0.29, 0.717) is 97.6 Å². The number of ether oxygens (including phenoxy) is 4. The van der Waals surface area contributed by atoms with Gasteiger partial charge in [-0.15, -0.1) is 0 Å². The number of piperazine rings is 2. The molecule has 28 heteroatoms. The molecule has 6 aliphatic rings. The summed E-state index contributed by atoms with van der Waals surface area (Å²) in [5, 5.41) is 35.7. The Morgan fingerprint density at radius 1 is 0.598 bits per heavy atom. The maximum atomic E-state index is 13.6. The molecule has 0 bridgehead atoms. The molecule has 0 radical (unpaired) electrons. The predicted molar refractivity (Wildman–Crippen MR) is 349 cm³/mol. The van der Waals surface area contributed by atoms with Gasteiger partial charge in [0.25, 0.3) is 0 Å². The fourth-order valence-corrected chi connectivity index (χ4v) is 15.9. The van der Waals surface area contributed by atoms with Crippen LogP contribution in [0.2, 0.25) is 10.0 Å². The second kappa shape index (κ2) is 32.5. The summed E-state index contributed by atoms with van der Waals surface area (Å²) in [4.78, 5) is 34.4. The Kier molecular flexibility index (Phi) is 20.7. The van der Waals surface area contributed by atoms with Gasteiger partial charge in [0.15, 0.2) is 0 Å². The lowest BCUT2D eigenvalue weighted by Crippen LogP contribution is -2.54. The van der Waals surface area contributed by atoms with Crippen molar-refractivity contribution in [2.24, 2.45) is 0 Å². The summed E-state index contributed by atoms with van der Waals surface area (Å²) in [5.41, 5.74) is 4.49. The van der Waals surface area contributed by atoms with E-state index in [-0.39, 0.29) is 73.5 Å². The first kappa shape index (κ1) is 58.6. The number of carbonyl (C=O) groups is 2. The zero-order valence-corrected chi connectivity index (χ0v) is 54.6. The van der Waals surface area contributed by atoms with Crippen molar-refractivity contribution in [2.75, 3.05) is 131 Å². The van der Waals surface area contributed by atoms with E-state index >= 15 is 0 Å². The second-order valence-electron chi connectivity index (χ2n) is 23.8. The predicted octanol–water partition coefficient (Wildman–Crippen LogP) is 4.23. The van der Waals surface area contributed by atoms with E-state index in [0.717, 1.165) is 61.5 Å². The van der Waals surface area contributed by atoms with Gasteiger partial charge < -0.3 is 50.8 Å². The van der Waals surface area contributed by atoms with E-state index in [1.165, 1.54) is 24.3 Å². The van der Waals surface area contributed by atoms with Crippen molar-refractivity contribution in [2.45, 2.75) is 111 Å². The van der Waals surface area contributed by atoms with Gasteiger partial charge in [-0.2, -0.15) is 10.5 Å². The zero-order valence-electron chi connectivity index (χ0n) is 59.4. The van der Waals surface area contributed by atoms with Gasteiger partial charge in [0.05, 0.1) is 71.6 Å². The summed E-state index contributed by atoms with van der Waals surface area (Å²) in [7, 11) is -7.86. The summed E-state index contributed by atoms with van der Waals surface area (Å²) in [6.45, 7) is 4.53. The minimum absolute atomic E-state index is 0.0594. The molecule has 4 amide bonds. The third kappa shape index (κ3) is 18.5. The van der Waals surface area contributed by atoms with Crippen LogP contribution in [0.3, 0.4) is 0 Å². The van der Waals surface area contributed by atoms with Crippen LogP contribution in [0.15, 0.2) is 82.6 Å². The van der Waals surface area contributed by atoms with Crippen molar-refractivity contribution in [3.05, 3.63) is 116 Å². The van der Waals surface area contributed by atoms with Gasteiger partial charge in [-0.25, -0.2) is 35.9 Å². The topological polar surface area (TPSA) is 296 Å². The number of halogens is 2. The molecular weight excluding hydrogens is 1260 g/mol. The van der Waals surface area contributed by atoms with Gasteiger partial charge >= 0.3 is 12.1 Å². The third-order valence-electron chi connectivity index (χ3n) is 17.3. The molecule has 4 fully saturated rings. The van der Waals surface area contributed by atoms with Crippen LogP contribution < -0.4 is 50.8 Å². The Balaban J connectivity index is 0.584. The average Bonchev–Trinajstić information content (AvgIpc) is 1.04. The number of nitriles is 2. The van der Waals surface area contributed by atoms with E-state index in [2.05, 4.69) is 66.5 Å². The molecule has 4 aromatic rings. The Hall–Kier alpha value is -5.92. The first-order valence-corrected chi connectivity index (χ1v) is 34.8. The minimum atomic E-state index is -3.93. The number of carbonyl (C=O) groups excluding carboxylic acids is 2. The van der Waals surface area contributed by atoms with Crippen molar-refractivity contribution in [1.82, 2.24) is 60.9 Å². The highest BCUT2D eigenvalue weighted by atomic mass is 35.5. The number of urea groups is 2. The molecule has 2 aliphatic carbocycles. The number of nitrogens with zero attached hydrogens (tertiary/aromatic N) is 6. The molecule has 4 aromatic carbocycles. The van der Waals surface area contributed by atoms with Crippen LogP contribution in [0.4, 0.5) is 9.59 Å². The normalized spacial score (nSPS) is 25.6. The van der Waals surface area contributed by atoms with Crippen molar-refractivity contribution in [3.8, 4) is 23.6 Å². The number of amides is 4. The van der Waals surface area contributed by atoms with E-state index in [1.807, 2.05) is 21.9 Å². The van der Waals surface area contributed by atoms with Gasteiger partial charge in [0.2, 0.25) is 20.0 Å². The van der Waals surface area contributed by atoms with Crippen LogP contribution in [0.1, 0.15) is 96.0 Å². The largest absolute Gasteiger partial charge is 0.484 e.